The predicted octanol–water partition coefficient (Wildman–Crippen LogP) is 4.81. The fourth-order valence-corrected chi connectivity index (χ4v) is 8.76. The van der Waals surface area contributed by atoms with Gasteiger partial charge in [-0.2, -0.15) is 10.4 Å². The van der Waals surface area contributed by atoms with E-state index in [0.717, 1.165) is 85.7 Å². The maximum Gasteiger partial charge on any atom is 0.329 e. The summed E-state index contributed by atoms with van der Waals surface area (Å²) in [5, 5.41) is 20.3. The van der Waals surface area contributed by atoms with E-state index in [1.807, 2.05) is 36.5 Å². The molecular weight excluding hydrogens is 686 g/mol. The van der Waals surface area contributed by atoms with Crippen LogP contribution in [0.25, 0.3) is 21.9 Å². The van der Waals surface area contributed by atoms with Gasteiger partial charge in [0.05, 0.1) is 46.5 Å². The zero-order chi connectivity index (χ0) is 37.5. The van der Waals surface area contributed by atoms with Gasteiger partial charge >= 0.3 is 5.69 Å². The van der Waals surface area contributed by atoms with Crippen molar-refractivity contribution in [2.75, 3.05) is 32.1 Å². The summed E-state index contributed by atoms with van der Waals surface area (Å²) in [6.45, 7) is 3.06. The summed E-state index contributed by atoms with van der Waals surface area (Å²) < 4.78 is 10.9. The van der Waals surface area contributed by atoms with Gasteiger partial charge in [-0.25, -0.2) is 4.79 Å². The van der Waals surface area contributed by atoms with Gasteiger partial charge in [0.15, 0.2) is 0 Å². The quantitative estimate of drug-likeness (QED) is 0.213. The number of hydrogen-bond donors (Lipinski definition) is 2. The Kier molecular flexibility index (Phi) is 9.49. The molecule has 2 saturated heterocycles. The van der Waals surface area contributed by atoms with Crippen molar-refractivity contribution < 1.29 is 19.1 Å². The highest BCUT2D eigenvalue weighted by molar-refractivity contribution is 6.06. The van der Waals surface area contributed by atoms with E-state index < -0.39 is 11.9 Å². The number of aromatic nitrogens is 5. The number of imidazole rings is 1. The molecule has 3 amide bonds. The van der Waals surface area contributed by atoms with E-state index in [2.05, 4.69) is 31.3 Å². The first-order chi connectivity index (χ1) is 26.2. The zero-order valence-electron chi connectivity index (χ0n) is 30.5. The Morgan fingerprint density at radius 2 is 1.83 bits per heavy atom. The van der Waals surface area contributed by atoms with E-state index in [1.54, 1.807) is 23.3 Å². The van der Waals surface area contributed by atoms with Crippen molar-refractivity contribution >= 4 is 45.3 Å². The average molecular weight is 730 g/mol. The fraction of sp³-hybridized carbons (Fsp3) is 0.425. The molecular formula is C40H43N9O5. The number of nitrogens with zero attached hydrogens (tertiary/aromatic N) is 7. The summed E-state index contributed by atoms with van der Waals surface area (Å²) in [5.74, 6) is 0.353. The second-order valence-electron chi connectivity index (χ2n) is 14.9. The summed E-state index contributed by atoms with van der Waals surface area (Å²) in [7, 11) is 3.34. The number of amides is 3. The minimum absolute atomic E-state index is 0.222. The molecule has 2 N–H and O–H groups in total. The largest absolute Gasteiger partial charge is 0.494 e. The number of pyridine rings is 1. The molecule has 1 saturated carbocycles. The van der Waals surface area contributed by atoms with Crippen LogP contribution in [0.4, 0.5) is 5.69 Å². The lowest BCUT2D eigenvalue weighted by Crippen LogP contribution is -2.44. The molecule has 3 aromatic heterocycles. The molecule has 8 rings (SSSR count). The zero-order valence-corrected chi connectivity index (χ0v) is 30.5. The molecule has 5 heterocycles. The van der Waals surface area contributed by atoms with E-state index in [9.17, 15) is 24.4 Å². The third-order valence-corrected chi connectivity index (χ3v) is 11.6. The van der Waals surface area contributed by atoms with Gasteiger partial charge in [0.25, 0.3) is 5.91 Å². The molecule has 1 unspecified atom stereocenters. The number of aryl methyl sites for hydroxylation is 1. The van der Waals surface area contributed by atoms with Crippen molar-refractivity contribution in [3.8, 4) is 11.8 Å². The number of piperidine rings is 2. The number of carbonyl (C=O) groups is 3. The molecule has 54 heavy (non-hydrogen) atoms. The highest BCUT2D eigenvalue weighted by Crippen LogP contribution is 2.38. The van der Waals surface area contributed by atoms with Crippen LogP contribution in [0.3, 0.4) is 0 Å². The third-order valence-electron chi connectivity index (χ3n) is 11.6. The van der Waals surface area contributed by atoms with E-state index in [4.69, 9.17) is 9.84 Å². The van der Waals surface area contributed by atoms with E-state index in [-0.39, 0.29) is 29.5 Å². The van der Waals surface area contributed by atoms with Crippen molar-refractivity contribution in [2.24, 2.45) is 13.0 Å². The van der Waals surface area contributed by atoms with Crippen molar-refractivity contribution in [3.63, 3.8) is 0 Å². The van der Waals surface area contributed by atoms with Gasteiger partial charge in [-0.15, -0.1) is 0 Å². The Morgan fingerprint density at radius 1 is 1.04 bits per heavy atom. The number of rotatable bonds is 8. The van der Waals surface area contributed by atoms with Crippen LogP contribution >= 0.6 is 0 Å². The highest BCUT2D eigenvalue weighted by atomic mass is 16.5. The van der Waals surface area contributed by atoms with Crippen LogP contribution in [0.2, 0.25) is 0 Å². The summed E-state index contributed by atoms with van der Waals surface area (Å²) in [6.07, 6.45) is 11.8. The molecule has 3 aliphatic rings. The minimum Gasteiger partial charge on any atom is -0.494 e. The monoisotopic (exact) mass is 729 g/mol. The van der Waals surface area contributed by atoms with Gasteiger partial charge < -0.3 is 15.0 Å². The van der Waals surface area contributed by atoms with Crippen LogP contribution in [0.1, 0.15) is 90.9 Å². The lowest BCUT2D eigenvalue weighted by molar-refractivity contribution is -0.135. The Labute approximate surface area is 311 Å². The molecule has 0 bridgehead atoms. The van der Waals surface area contributed by atoms with E-state index >= 15 is 0 Å². The van der Waals surface area contributed by atoms with Gasteiger partial charge in [0, 0.05) is 50.1 Å². The number of ether oxygens (including phenoxy) is 1. The number of para-hydroxylation sites is 1. The number of carbonyl (C=O) groups excluding carboxylic acids is 3. The molecule has 2 aliphatic heterocycles. The maximum atomic E-state index is 13.4. The second-order valence-corrected chi connectivity index (χ2v) is 14.9. The molecule has 5 aromatic rings. The fourth-order valence-electron chi connectivity index (χ4n) is 8.76. The Hall–Kier alpha value is -5.81. The lowest BCUT2D eigenvalue weighted by atomic mass is 9.84. The predicted molar refractivity (Wildman–Crippen MR) is 201 cm³/mol. The number of nitriles is 1. The smallest absolute Gasteiger partial charge is 0.329 e. The third kappa shape index (κ3) is 6.64. The second kappa shape index (κ2) is 14.5. The molecule has 278 valence electrons. The minimum atomic E-state index is -0.687. The van der Waals surface area contributed by atoms with Crippen LogP contribution < -0.4 is 21.1 Å². The Morgan fingerprint density at radius 3 is 2.57 bits per heavy atom. The lowest BCUT2D eigenvalue weighted by Gasteiger charge is -2.37. The van der Waals surface area contributed by atoms with Gasteiger partial charge in [-0.1, -0.05) is 12.1 Å². The number of nitrogens with one attached hydrogen (secondary N) is 2. The summed E-state index contributed by atoms with van der Waals surface area (Å²) in [6, 6.07) is 12.9. The number of imide groups is 1. The number of benzene rings is 2. The van der Waals surface area contributed by atoms with Gasteiger partial charge in [-0.05, 0) is 93.6 Å². The van der Waals surface area contributed by atoms with E-state index in [0.29, 0.717) is 41.3 Å². The molecule has 0 spiro atoms. The molecule has 1 aliphatic carbocycles. The average Bonchev–Trinajstić information content (AvgIpc) is 3.72. The number of fused-ring (bicyclic) bond motifs is 2. The normalized spacial score (nSPS) is 21.2. The summed E-state index contributed by atoms with van der Waals surface area (Å²) in [5.41, 5.74) is 4.48. The summed E-state index contributed by atoms with van der Waals surface area (Å²) in [4.78, 5) is 57.4. The SMILES string of the molecule is COc1cc2nn([C@H]3CC[C@H](CN4CCC(c5cccc6c5n(C)c(=O)n6C5CCC(=O)NC5=O)CC4)CC3)cc2cc1NC(=O)c1cncc(C#N)c1. The van der Waals surface area contributed by atoms with Crippen LogP contribution in [-0.4, -0.2) is 73.3 Å². The molecule has 1 atom stereocenters. The Balaban J connectivity index is 0.879. The van der Waals surface area contributed by atoms with Gasteiger partial charge in [0.1, 0.15) is 17.9 Å². The number of anilines is 1. The van der Waals surface area contributed by atoms with Gasteiger partial charge in [0.2, 0.25) is 11.8 Å². The van der Waals surface area contributed by atoms with Crippen molar-refractivity contribution in [2.45, 2.75) is 69.4 Å². The topological polar surface area (TPSA) is 169 Å². The van der Waals surface area contributed by atoms with Crippen LogP contribution in [-0.2, 0) is 16.6 Å². The molecule has 2 aromatic carbocycles. The first-order valence-electron chi connectivity index (χ1n) is 18.7. The van der Waals surface area contributed by atoms with Crippen LogP contribution in [0.5, 0.6) is 5.75 Å². The van der Waals surface area contributed by atoms with Gasteiger partial charge in [-0.3, -0.25) is 38.5 Å². The summed E-state index contributed by atoms with van der Waals surface area (Å²) >= 11 is 0. The van der Waals surface area contributed by atoms with Crippen molar-refractivity contribution in [1.82, 2.24) is 34.1 Å². The molecule has 0 radical (unpaired) electrons. The maximum absolute atomic E-state index is 13.4. The first kappa shape index (κ1) is 35.2. The molecule has 14 heteroatoms. The molecule has 14 nitrogen and oxygen atoms in total. The first-order valence-corrected chi connectivity index (χ1v) is 18.7. The number of likely N-dealkylation sites (tertiary alicyclic amines) is 1. The highest BCUT2D eigenvalue weighted by Gasteiger charge is 2.33. The van der Waals surface area contributed by atoms with Crippen molar-refractivity contribution in [3.05, 3.63) is 82.2 Å². The standard InChI is InChI=1S/C40H43N9O5/c1-46-37-30(4-3-5-33(37)49(40(46)53)34-10-11-36(50)44-39(34)52)26-12-14-47(15-13-26)22-24-6-8-29(9-7-24)48-23-28-17-32(35(54-2)18-31(28)45-48)43-38(51)27-16-25(19-41)20-42-21-27/h3-5,16-18,20-21,23-24,26,29,34H,6-15,22H2,1-2H3,(H,43,51)(H,44,50,52)/t24-,29-,34?. The molecule has 3 fully saturated rings. The number of hydrogen-bond acceptors (Lipinski definition) is 9. The van der Waals surface area contributed by atoms with Crippen LogP contribution in [0.15, 0.2) is 59.8 Å². The van der Waals surface area contributed by atoms with Crippen molar-refractivity contribution in [1.29, 1.82) is 5.26 Å². The Bertz CT molecular complexity index is 2370. The van der Waals surface area contributed by atoms with Crippen LogP contribution in [0, 0.1) is 17.2 Å². The number of methoxy groups -OCH3 is 1. The van der Waals surface area contributed by atoms with E-state index in [1.165, 1.54) is 18.5 Å².